The molecular formula is C14H14S. The maximum atomic E-state index is 2.35. The van der Waals surface area contributed by atoms with Crippen molar-refractivity contribution in [1.29, 1.82) is 0 Å². The highest BCUT2D eigenvalue weighted by Crippen LogP contribution is 2.52. The van der Waals surface area contributed by atoms with Gasteiger partial charge in [-0.15, -0.1) is 0 Å². The topological polar surface area (TPSA) is 0 Å². The minimum absolute atomic E-state index is 0.647. The summed E-state index contributed by atoms with van der Waals surface area (Å²) in [7, 11) is 0. The van der Waals surface area contributed by atoms with Crippen molar-refractivity contribution in [3.05, 3.63) is 52.0 Å². The number of benzene rings is 1. The van der Waals surface area contributed by atoms with E-state index < -0.39 is 0 Å². The summed E-state index contributed by atoms with van der Waals surface area (Å²) < 4.78 is 0. The Balaban J connectivity index is 2.08. The smallest absolute Gasteiger partial charge is 0.0199 e. The van der Waals surface area contributed by atoms with Crippen LogP contribution in [0.2, 0.25) is 0 Å². The van der Waals surface area contributed by atoms with Crippen molar-refractivity contribution in [1.82, 2.24) is 0 Å². The lowest BCUT2D eigenvalue weighted by molar-refractivity contribution is 0.828. The lowest BCUT2D eigenvalue weighted by Gasteiger charge is -2.15. The van der Waals surface area contributed by atoms with Crippen LogP contribution < -0.4 is 0 Å². The average Bonchev–Trinajstić information content (AvgIpc) is 2.53. The van der Waals surface area contributed by atoms with E-state index in [1.165, 1.54) is 32.9 Å². The SMILES string of the molecule is CC1=CCC2C(=C1)Sc1cc(C)ccc12. The van der Waals surface area contributed by atoms with E-state index in [4.69, 9.17) is 0 Å². The molecule has 0 bridgehead atoms. The molecule has 0 nitrogen and oxygen atoms in total. The summed E-state index contributed by atoms with van der Waals surface area (Å²) in [4.78, 5) is 3.00. The predicted molar refractivity (Wildman–Crippen MR) is 66.2 cm³/mol. The van der Waals surface area contributed by atoms with E-state index in [1.54, 1.807) is 0 Å². The fourth-order valence-electron chi connectivity index (χ4n) is 2.33. The lowest BCUT2D eigenvalue weighted by atomic mass is 9.90. The molecule has 1 heterocycles. The third-order valence-electron chi connectivity index (χ3n) is 3.16. The van der Waals surface area contributed by atoms with Crippen LogP contribution in [0.3, 0.4) is 0 Å². The van der Waals surface area contributed by atoms with E-state index in [-0.39, 0.29) is 0 Å². The second kappa shape index (κ2) is 3.28. The second-order valence-corrected chi connectivity index (χ2v) is 5.54. The van der Waals surface area contributed by atoms with Crippen molar-refractivity contribution >= 4 is 11.8 Å². The molecule has 0 spiro atoms. The maximum Gasteiger partial charge on any atom is 0.0199 e. The summed E-state index contributed by atoms with van der Waals surface area (Å²) in [6.45, 7) is 4.36. The molecule has 0 saturated heterocycles. The Labute approximate surface area is 95.1 Å². The van der Waals surface area contributed by atoms with Crippen LogP contribution in [-0.2, 0) is 0 Å². The Kier molecular flexibility index (Phi) is 2.03. The Morgan fingerprint density at radius 2 is 2.13 bits per heavy atom. The number of hydrogen-bond acceptors (Lipinski definition) is 1. The first-order valence-corrected chi connectivity index (χ1v) is 6.22. The van der Waals surface area contributed by atoms with Gasteiger partial charge in [0.25, 0.3) is 0 Å². The van der Waals surface area contributed by atoms with Gasteiger partial charge in [0.2, 0.25) is 0 Å². The first kappa shape index (κ1) is 9.29. The van der Waals surface area contributed by atoms with Crippen molar-refractivity contribution in [2.24, 2.45) is 0 Å². The van der Waals surface area contributed by atoms with E-state index in [0.717, 1.165) is 0 Å². The quantitative estimate of drug-likeness (QED) is 0.616. The molecule has 15 heavy (non-hydrogen) atoms. The van der Waals surface area contributed by atoms with Crippen LogP contribution in [0.25, 0.3) is 0 Å². The zero-order chi connectivity index (χ0) is 10.4. The van der Waals surface area contributed by atoms with Crippen molar-refractivity contribution in [2.75, 3.05) is 0 Å². The molecule has 1 aliphatic heterocycles. The molecular weight excluding hydrogens is 200 g/mol. The van der Waals surface area contributed by atoms with Crippen molar-refractivity contribution < 1.29 is 0 Å². The predicted octanol–water partition coefficient (Wildman–Crippen LogP) is 4.42. The molecule has 0 amide bonds. The lowest BCUT2D eigenvalue weighted by Crippen LogP contribution is -1.98. The number of aryl methyl sites for hydroxylation is 1. The maximum absolute atomic E-state index is 2.35. The Morgan fingerprint density at radius 1 is 1.27 bits per heavy atom. The molecule has 3 rings (SSSR count). The second-order valence-electron chi connectivity index (χ2n) is 4.43. The molecule has 76 valence electrons. The summed E-state index contributed by atoms with van der Waals surface area (Å²) in [6, 6.07) is 6.85. The molecule has 0 saturated carbocycles. The third kappa shape index (κ3) is 1.46. The van der Waals surface area contributed by atoms with Gasteiger partial charge in [-0.1, -0.05) is 35.5 Å². The van der Waals surface area contributed by atoms with E-state index in [1.807, 2.05) is 11.8 Å². The first-order chi connectivity index (χ1) is 7.24. The molecule has 0 N–H and O–H groups in total. The monoisotopic (exact) mass is 214 g/mol. The van der Waals surface area contributed by atoms with Crippen LogP contribution in [0, 0.1) is 6.92 Å². The molecule has 0 radical (unpaired) electrons. The average molecular weight is 214 g/mol. The molecule has 0 aromatic heterocycles. The summed E-state index contributed by atoms with van der Waals surface area (Å²) in [5, 5.41) is 0. The zero-order valence-corrected chi connectivity index (χ0v) is 9.90. The van der Waals surface area contributed by atoms with Gasteiger partial charge < -0.3 is 0 Å². The van der Waals surface area contributed by atoms with Gasteiger partial charge in [0.15, 0.2) is 0 Å². The molecule has 1 atom stereocenters. The van der Waals surface area contributed by atoms with Gasteiger partial charge >= 0.3 is 0 Å². The van der Waals surface area contributed by atoms with Gasteiger partial charge in [0.1, 0.15) is 0 Å². The highest BCUT2D eigenvalue weighted by atomic mass is 32.2. The molecule has 1 aliphatic carbocycles. The van der Waals surface area contributed by atoms with E-state index in [9.17, 15) is 0 Å². The van der Waals surface area contributed by atoms with Crippen LogP contribution in [0.5, 0.6) is 0 Å². The van der Waals surface area contributed by atoms with Crippen LogP contribution >= 0.6 is 11.8 Å². The number of hydrogen-bond donors (Lipinski definition) is 0. The molecule has 1 aromatic carbocycles. The minimum Gasteiger partial charge on any atom is -0.0936 e. The van der Waals surface area contributed by atoms with Crippen molar-refractivity contribution in [3.63, 3.8) is 0 Å². The summed E-state index contributed by atoms with van der Waals surface area (Å²) in [5.74, 6) is 0.647. The highest BCUT2D eigenvalue weighted by Gasteiger charge is 2.28. The summed E-state index contributed by atoms with van der Waals surface area (Å²) in [5.41, 5.74) is 4.31. The van der Waals surface area contributed by atoms with Gasteiger partial charge in [-0.05, 0) is 48.4 Å². The number of rotatable bonds is 0. The molecule has 1 heteroatoms. The number of thioether (sulfide) groups is 1. The Hall–Kier alpha value is -0.950. The summed E-state index contributed by atoms with van der Waals surface area (Å²) >= 11 is 1.96. The van der Waals surface area contributed by atoms with E-state index in [0.29, 0.717) is 5.92 Å². The third-order valence-corrected chi connectivity index (χ3v) is 4.37. The Morgan fingerprint density at radius 3 is 3.00 bits per heavy atom. The zero-order valence-electron chi connectivity index (χ0n) is 9.08. The van der Waals surface area contributed by atoms with Gasteiger partial charge in [-0.2, -0.15) is 0 Å². The fourth-order valence-corrected chi connectivity index (χ4v) is 3.77. The van der Waals surface area contributed by atoms with Crippen LogP contribution in [0.15, 0.2) is 45.7 Å². The van der Waals surface area contributed by atoms with E-state index >= 15 is 0 Å². The molecule has 1 aromatic rings. The largest absolute Gasteiger partial charge is 0.0936 e. The van der Waals surface area contributed by atoms with Crippen LogP contribution in [-0.4, -0.2) is 0 Å². The standard InChI is InChI=1S/C14H14S/c1-9-3-5-11-12-6-4-10(2)8-14(12)15-13(11)7-9/h3-5,7-8,12H,6H2,1-2H3. The van der Waals surface area contributed by atoms with Gasteiger partial charge in [0.05, 0.1) is 0 Å². The number of allylic oxidation sites excluding steroid dienone is 4. The molecule has 1 unspecified atom stereocenters. The van der Waals surface area contributed by atoms with Crippen molar-refractivity contribution in [2.45, 2.75) is 31.1 Å². The van der Waals surface area contributed by atoms with Crippen LogP contribution in [0.1, 0.15) is 30.4 Å². The fraction of sp³-hybridized carbons (Fsp3) is 0.286. The van der Waals surface area contributed by atoms with Crippen LogP contribution in [0.4, 0.5) is 0 Å². The molecule has 2 aliphatic rings. The normalized spacial score (nSPS) is 22.9. The van der Waals surface area contributed by atoms with Crippen molar-refractivity contribution in [3.8, 4) is 0 Å². The van der Waals surface area contributed by atoms with E-state index in [2.05, 4.69) is 44.2 Å². The first-order valence-electron chi connectivity index (χ1n) is 5.41. The Bertz CT molecular complexity index is 480. The minimum atomic E-state index is 0.647. The molecule has 0 fully saturated rings. The summed E-state index contributed by atoms with van der Waals surface area (Å²) in [6.07, 6.45) is 5.87. The highest BCUT2D eigenvalue weighted by molar-refractivity contribution is 8.03. The van der Waals surface area contributed by atoms with Gasteiger partial charge in [-0.3, -0.25) is 0 Å². The number of fused-ring (bicyclic) bond motifs is 3. The van der Waals surface area contributed by atoms with Gasteiger partial charge in [-0.25, -0.2) is 0 Å². The van der Waals surface area contributed by atoms with Gasteiger partial charge in [0, 0.05) is 10.8 Å².